The van der Waals surface area contributed by atoms with Crippen LogP contribution >= 0.6 is 0 Å². The second kappa shape index (κ2) is 6.67. The first-order chi connectivity index (χ1) is 11.1. The number of H-pyrrole nitrogens is 1. The fraction of sp³-hybridized carbons (Fsp3) is 0.412. The van der Waals surface area contributed by atoms with Crippen molar-refractivity contribution in [2.75, 3.05) is 0 Å². The SMILES string of the molecule is CC(C)(C)c1cc(CNC(=O)Cc2ccccc2C(F)(F)F)[nH]n1. The molecule has 0 atom stereocenters. The summed E-state index contributed by atoms with van der Waals surface area (Å²) >= 11 is 0. The van der Waals surface area contributed by atoms with Crippen LogP contribution < -0.4 is 5.32 Å². The average molecular weight is 339 g/mol. The molecule has 0 aliphatic carbocycles. The van der Waals surface area contributed by atoms with E-state index in [4.69, 9.17) is 0 Å². The molecular formula is C17H20F3N3O. The van der Waals surface area contributed by atoms with Gasteiger partial charge in [0.2, 0.25) is 5.91 Å². The average Bonchev–Trinajstić information content (AvgIpc) is 2.93. The standard InChI is InChI=1S/C17H20F3N3O/c1-16(2,3)14-9-12(22-23-14)10-21-15(24)8-11-6-4-5-7-13(11)17(18,19)20/h4-7,9H,8,10H2,1-3H3,(H,21,24)(H,22,23). The Morgan fingerprint density at radius 3 is 2.46 bits per heavy atom. The summed E-state index contributed by atoms with van der Waals surface area (Å²) < 4.78 is 38.8. The number of alkyl halides is 3. The normalized spacial score (nSPS) is 12.2. The third-order valence-corrected chi connectivity index (χ3v) is 3.55. The van der Waals surface area contributed by atoms with Gasteiger partial charge in [-0.25, -0.2) is 0 Å². The number of hydrogen-bond acceptors (Lipinski definition) is 2. The lowest BCUT2D eigenvalue weighted by Crippen LogP contribution is -2.26. The van der Waals surface area contributed by atoms with Crippen molar-refractivity contribution in [3.63, 3.8) is 0 Å². The fourth-order valence-electron chi connectivity index (χ4n) is 2.22. The molecule has 0 aliphatic rings. The highest BCUT2D eigenvalue weighted by atomic mass is 19.4. The number of benzene rings is 1. The van der Waals surface area contributed by atoms with E-state index in [2.05, 4.69) is 15.5 Å². The Balaban J connectivity index is 1.99. The van der Waals surface area contributed by atoms with Crippen LogP contribution in [0.25, 0.3) is 0 Å². The minimum absolute atomic E-state index is 0.0394. The molecule has 0 fully saturated rings. The van der Waals surface area contributed by atoms with E-state index >= 15 is 0 Å². The summed E-state index contributed by atoms with van der Waals surface area (Å²) in [5.41, 5.74) is 0.621. The molecule has 7 heteroatoms. The Morgan fingerprint density at radius 2 is 1.88 bits per heavy atom. The van der Waals surface area contributed by atoms with Gasteiger partial charge in [0.05, 0.1) is 29.9 Å². The molecule has 0 unspecified atom stereocenters. The molecule has 2 aromatic rings. The maximum Gasteiger partial charge on any atom is 0.416 e. The van der Waals surface area contributed by atoms with Gasteiger partial charge in [-0.15, -0.1) is 0 Å². The summed E-state index contributed by atoms with van der Waals surface area (Å²) in [6.45, 7) is 6.23. The molecular weight excluding hydrogens is 319 g/mol. The number of halogens is 3. The predicted molar refractivity (Wildman–Crippen MR) is 84.3 cm³/mol. The van der Waals surface area contributed by atoms with Crippen molar-refractivity contribution in [2.24, 2.45) is 0 Å². The van der Waals surface area contributed by atoms with E-state index in [1.165, 1.54) is 18.2 Å². The van der Waals surface area contributed by atoms with E-state index in [1.807, 2.05) is 26.8 Å². The summed E-state index contributed by atoms with van der Waals surface area (Å²) in [5.74, 6) is -0.474. The van der Waals surface area contributed by atoms with Crippen molar-refractivity contribution in [3.05, 3.63) is 52.8 Å². The van der Waals surface area contributed by atoms with Crippen molar-refractivity contribution in [1.82, 2.24) is 15.5 Å². The summed E-state index contributed by atoms with van der Waals surface area (Å²) in [6, 6.07) is 6.93. The molecule has 24 heavy (non-hydrogen) atoms. The number of rotatable bonds is 4. The van der Waals surface area contributed by atoms with E-state index in [9.17, 15) is 18.0 Å². The molecule has 0 saturated carbocycles. The van der Waals surface area contributed by atoms with E-state index in [-0.39, 0.29) is 23.9 Å². The van der Waals surface area contributed by atoms with Crippen LogP contribution in [-0.4, -0.2) is 16.1 Å². The van der Waals surface area contributed by atoms with Crippen LogP contribution in [0.5, 0.6) is 0 Å². The monoisotopic (exact) mass is 339 g/mol. The van der Waals surface area contributed by atoms with Crippen LogP contribution in [0.1, 0.15) is 43.3 Å². The molecule has 1 amide bonds. The highest BCUT2D eigenvalue weighted by Gasteiger charge is 2.33. The van der Waals surface area contributed by atoms with Crippen LogP contribution in [0.2, 0.25) is 0 Å². The summed E-state index contributed by atoms with van der Waals surface area (Å²) in [6.07, 6.45) is -4.79. The van der Waals surface area contributed by atoms with Gasteiger partial charge in [0, 0.05) is 5.41 Å². The predicted octanol–water partition coefficient (Wildman–Crippen LogP) is 3.58. The first-order valence-electron chi connectivity index (χ1n) is 7.54. The van der Waals surface area contributed by atoms with E-state index in [0.29, 0.717) is 5.69 Å². The Kier molecular flexibility index (Phi) is 5.01. The molecule has 1 heterocycles. The van der Waals surface area contributed by atoms with Crippen LogP contribution in [0, 0.1) is 0 Å². The molecule has 130 valence electrons. The van der Waals surface area contributed by atoms with Gasteiger partial charge in [0.1, 0.15) is 0 Å². The van der Waals surface area contributed by atoms with Gasteiger partial charge in [-0.1, -0.05) is 39.0 Å². The molecule has 0 aliphatic heterocycles. The number of hydrogen-bond donors (Lipinski definition) is 2. The minimum Gasteiger partial charge on any atom is -0.350 e. The molecule has 2 N–H and O–H groups in total. The summed E-state index contributed by atoms with van der Waals surface area (Å²) in [4.78, 5) is 12.0. The smallest absolute Gasteiger partial charge is 0.350 e. The van der Waals surface area contributed by atoms with Crippen LogP contribution in [0.15, 0.2) is 30.3 Å². The number of nitrogens with one attached hydrogen (secondary N) is 2. The van der Waals surface area contributed by atoms with E-state index in [1.54, 1.807) is 0 Å². The zero-order valence-corrected chi connectivity index (χ0v) is 13.8. The van der Waals surface area contributed by atoms with Crippen LogP contribution in [0.4, 0.5) is 13.2 Å². The van der Waals surface area contributed by atoms with Gasteiger partial charge >= 0.3 is 6.18 Å². The Hall–Kier alpha value is -2.31. The van der Waals surface area contributed by atoms with Gasteiger partial charge < -0.3 is 5.32 Å². The lowest BCUT2D eigenvalue weighted by Gasteiger charge is -2.13. The molecule has 0 spiro atoms. The number of carbonyl (C=O) groups is 1. The number of nitrogens with zero attached hydrogens (tertiary/aromatic N) is 1. The Morgan fingerprint density at radius 1 is 1.21 bits per heavy atom. The van der Waals surface area contributed by atoms with Gasteiger partial charge in [-0.05, 0) is 17.7 Å². The number of amides is 1. The van der Waals surface area contributed by atoms with Crippen LogP contribution in [-0.2, 0) is 29.4 Å². The number of aromatic nitrogens is 2. The lowest BCUT2D eigenvalue weighted by molar-refractivity contribution is -0.138. The van der Waals surface area contributed by atoms with E-state index < -0.39 is 17.6 Å². The third kappa shape index (κ3) is 4.59. The highest BCUT2D eigenvalue weighted by molar-refractivity contribution is 5.78. The second-order valence-electron chi connectivity index (χ2n) is 6.64. The second-order valence-corrected chi connectivity index (χ2v) is 6.64. The summed E-state index contributed by atoms with van der Waals surface area (Å²) in [7, 11) is 0. The largest absolute Gasteiger partial charge is 0.416 e. The summed E-state index contributed by atoms with van der Waals surface area (Å²) in [5, 5.41) is 9.61. The maximum absolute atomic E-state index is 12.9. The van der Waals surface area contributed by atoms with Gasteiger partial charge in [0.15, 0.2) is 0 Å². The fourth-order valence-corrected chi connectivity index (χ4v) is 2.22. The molecule has 0 bridgehead atoms. The first kappa shape index (κ1) is 18.0. The highest BCUT2D eigenvalue weighted by Crippen LogP contribution is 2.32. The van der Waals surface area contributed by atoms with Crippen LogP contribution in [0.3, 0.4) is 0 Å². The van der Waals surface area contributed by atoms with Gasteiger partial charge in [-0.3, -0.25) is 9.89 Å². The third-order valence-electron chi connectivity index (χ3n) is 3.55. The Bertz CT molecular complexity index is 714. The maximum atomic E-state index is 12.9. The zero-order valence-electron chi connectivity index (χ0n) is 13.8. The van der Waals surface area contributed by atoms with E-state index in [0.717, 1.165) is 11.8 Å². The Labute approximate surface area is 138 Å². The molecule has 1 aromatic carbocycles. The number of carbonyl (C=O) groups excluding carboxylic acids is 1. The quantitative estimate of drug-likeness (QED) is 0.894. The first-order valence-corrected chi connectivity index (χ1v) is 7.54. The molecule has 0 saturated heterocycles. The molecule has 4 nitrogen and oxygen atoms in total. The van der Waals surface area contributed by atoms with Crippen molar-refractivity contribution in [2.45, 2.75) is 45.3 Å². The van der Waals surface area contributed by atoms with Crippen molar-refractivity contribution >= 4 is 5.91 Å². The van der Waals surface area contributed by atoms with Gasteiger partial charge in [0.25, 0.3) is 0 Å². The van der Waals surface area contributed by atoms with Crippen molar-refractivity contribution in [3.8, 4) is 0 Å². The number of aromatic amines is 1. The zero-order chi connectivity index (χ0) is 18.0. The van der Waals surface area contributed by atoms with Gasteiger partial charge in [-0.2, -0.15) is 18.3 Å². The van der Waals surface area contributed by atoms with Crippen molar-refractivity contribution in [1.29, 1.82) is 0 Å². The molecule has 2 rings (SSSR count). The lowest BCUT2D eigenvalue weighted by atomic mass is 9.92. The molecule has 0 radical (unpaired) electrons. The molecule has 1 aromatic heterocycles. The minimum atomic E-state index is -4.47. The van der Waals surface area contributed by atoms with Crippen molar-refractivity contribution < 1.29 is 18.0 Å². The topological polar surface area (TPSA) is 57.8 Å².